The number of benzene rings is 2. The summed E-state index contributed by atoms with van der Waals surface area (Å²) in [6, 6.07) is 15.2. The topological polar surface area (TPSA) is 71.3 Å². The lowest BCUT2D eigenvalue weighted by Gasteiger charge is -2.34. The van der Waals surface area contributed by atoms with E-state index in [-0.39, 0.29) is 17.5 Å². The van der Waals surface area contributed by atoms with Gasteiger partial charge in [0.05, 0.1) is 12.3 Å². The highest BCUT2D eigenvalue weighted by Gasteiger charge is 2.22. The number of aromatic amines is 1. The summed E-state index contributed by atoms with van der Waals surface area (Å²) in [4.78, 5) is 17.5. The van der Waals surface area contributed by atoms with Gasteiger partial charge in [-0.2, -0.15) is 0 Å². The molecule has 2 heterocycles. The molecule has 1 aliphatic rings. The molecule has 1 aliphatic heterocycles. The number of H-pyrrole nitrogens is 1. The normalized spacial score (nSPS) is 15.0. The molecule has 0 unspecified atom stereocenters. The van der Waals surface area contributed by atoms with Crippen LogP contribution < -0.4 is 5.73 Å². The number of esters is 1. The Kier molecular flexibility index (Phi) is 7.69. The maximum absolute atomic E-state index is 12.2. The van der Waals surface area contributed by atoms with E-state index in [2.05, 4.69) is 41.9 Å². The molecular formula is C25H32FN3O2. The molecular weight excluding hydrogens is 393 g/mol. The average Bonchev–Trinajstić information content (AvgIpc) is 3.20. The van der Waals surface area contributed by atoms with E-state index in [9.17, 15) is 9.18 Å². The highest BCUT2D eigenvalue weighted by molar-refractivity contribution is 5.95. The lowest BCUT2D eigenvalue weighted by Crippen LogP contribution is -2.37. The highest BCUT2D eigenvalue weighted by Crippen LogP contribution is 2.31. The van der Waals surface area contributed by atoms with Gasteiger partial charge < -0.3 is 20.4 Å². The molecule has 0 atom stereocenters. The Hall–Kier alpha value is -2.86. The number of piperidine rings is 1. The summed E-state index contributed by atoms with van der Waals surface area (Å²) >= 11 is 0. The summed E-state index contributed by atoms with van der Waals surface area (Å²) in [6.07, 6.45) is 2.41. The van der Waals surface area contributed by atoms with Crippen molar-refractivity contribution >= 4 is 22.6 Å². The minimum absolute atomic E-state index is 0.201. The number of halogens is 1. The SMILES string of the molecule is CCOC(=O)c1cc2cc(C3CCN(C(C)C)CC3)ccc2[nH]1.Nc1ccccc1F. The number of hydrogen-bond donors (Lipinski definition) is 2. The van der Waals surface area contributed by atoms with Crippen LogP contribution >= 0.6 is 0 Å². The molecule has 5 nitrogen and oxygen atoms in total. The average molecular weight is 426 g/mol. The summed E-state index contributed by atoms with van der Waals surface area (Å²) < 4.78 is 17.3. The van der Waals surface area contributed by atoms with Crippen molar-refractivity contribution in [2.75, 3.05) is 25.4 Å². The summed E-state index contributed by atoms with van der Waals surface area (Å²) in [5.41, 5.74) is 8.26. The third kappa shape index (κ3) is 5.85. The standard InChI is InChI=1S/C19H26N2O2.C6H6FN/c1-4-23-19(22)18-12-16-11-15(5-6-17(16)20-18)14-7-9-21(10-8-14)13(2)3;7-5-3-1-2-4-6(5)8/h5-6,11-14,20H,4,7-10H2,1-3H3;1-4H,8H2. The number of nitrogens with two attached hydrogens (primary N) is 1. The number of carbonyl (C=O) groups excluding carboxylic acids is 1. The van der Waals surface area contributed by atoms with E-state index >= 15 is 0 Å². The molecule has 2 aromatic carbocycles. The second kappa shape index (κ2) is 10.4. The second-order valence-electron chi connectivity index (χ2n) is 8.18. The maximum Gasteiger partial charge on any atom is 0.354 e. The Labute approximate surface area is 183 Å². The van der Waals surface area contributed by atoms with E-state index in [0.717, 1.165) is 10.9 Å². The zero-order chi connectivity index (χ0) is 22.4. The van der Waals surface area contributed by atoms with Gasteiger partial charge >= 0.3 is 5.97 Å². The van der Waals surface area contributed by atoms with Crippen molar-refractivity contribution in [3.63, 3.8) is 0 Å². The Balaban J connectivity index is 0.000000287. The van der Waals surface area contributed by atoms with Crippen LogP contribution in [0.15, 0.2) is 48.5 Å². The number of para-hydroxylation sites is 1. The number of carbonyl (C=O) groups is 1. The number of ether oxygens (including phenoxy) is 1. The Morgan fingerprint density at radius 1 is 1.19 bits per heavy atom. The molecule has 31 heavy (non-hydrogen) atoms. The van der Waals surface area contributed by atoms with E-state index in [1.807, 2.05) is 13.0 Å². The van der Waals surface area contributed by atoms with Crippen LogP contribution in [0, 0.1) is 5.82 Å². The van der Waals surface area contributed by atoms with Crippen LogP contribution in [0.1, 0.15) is 55.6 Å². The van der Waals surface area contributed by atoms with Gasteiger partial charge in [0, 0.05) is 16.9 Å². The molecule has 6 heteroatoms. The zero-order valence-corrected chi connectivity index (χ0v) is 18.5. The predicted molar refractivity (Wildman–Crippen MR) is 124 cm³/mol. The number of nitrogens with one attached hydrogen (secondary N) is 1. The number of likely N-dealkylation sites (tertiary alicyclic amines) is 1. The van der Waals surface area contributed by atoms with Crippen molar-refractivity contribution < 1.29 is 13.9 Å². The van der Waals surface area contributed by atoms with Crippen molar-refractivity contribution in [2.24, 2.45) is 0 Å². The Morgan fingerprint density at radius 2 is 1.90 bits per heavy atom. The van der Waals surface area contributed by atoms with Crippen LogP contribution in [0.4, 0.5) is 10.1 Å². The van der Waals surface area contributed by atoms with Crippen LogP contribution in [0.25, 0.3) is 10.9 Å². The Morgan fingerprint density at radius 3 is 2.48 bits per heavy atom. The number of aromatic nitrogens is 1. The minimum atomic E-state index is -0.354. The first-order valence-electron chi connectivity index (χ1n) is 10.9. The number of hydrogen-bond acceptors (Lipinski definition) is 4. The van der Waals surface area contributed by atoms with Crippen molar-refractivity contribution in [2.45, 2.75) is 45.6 Å². The van der Waals surface area contributed by atoms with Crippen LogP contribution in [-0.2, 0) is 4.74 Å². The van der Waals surface area contributed by atoms with Gasteiger partial charge in [0.25, 0.3) is 0 Å². The van der Waals surface area contributed by atoms with Crippen molar-refractivity contribution in [3.8, 4) is 0 Å². The van der Waals surface area contributed by atoms with Gasteiger partial charge in [0.2, 0.25) is 0 Å². The van der Waals surface area contributed by atoms with Crippen molar-refractivity contribution in [1.82, 2.24) is 9.88 Å². The molecule has 0 radical (unpaired) electrons. The smallest absolute Gasteiger partial charge is 0.354 e. The summed E-state index contributed by atoms with van der Waals surface area (Å²) in [7, 11) is 0. The fraction of sp³-hybridized carbons (Fsp3) is 0.400. The predicted octanol–water partition coefficient (Wildman–Crippen LogP) is 5.34. The van der Waals surface area contributed by atoms with Crippen molar-refractivity contribution in [1.29, 1.82) is 0 Å². The fourth-order valence-corrected chi connectivity index (χ4v) is 3.95. The van der Waals surface area contributed by atoms with Crippen LogP contribution in [0.2, 0.25) is 0 Å². The lowest BCUT2D eigenvalue weighted by molar-refractivity contribution is 0.0520. The van der Waals surface area contributed by atoms with E-state index in [0.29, 0.717) is 24.3 Å². The number of nitrogens with zero attached hydrogens (tertiary/aromatic N) is 1. The third-order valence-electron chi connectivity index (χ3n) is 5.78. The van der Waals surface area contributed by atoms with Crippen LogP contribution in [-0.4, -0.2) is 41.6 Å². The molecule has 4 rings (SSSR count). The van der Waals surface area contributed by atoms with Gasteiger partial charge in [-0.15, -0.1) is 0 Å². The first-order valence-corrected chi connectivity index (χ1v) is 10.9. The lowest BCUT2D eigenvalue weighted by atomic mass is 9.88. The quantitative estimate of drug-likeness (QED) is 0.437. The molecule has 0 saturated carbocycles. The number of fused-ring (bicyclic) bond motifs is 1. The van der Waals surface area contributed by atoms with E-state index < -0.39 is 0 Å². The molecule has 0 bridgehead atoms. The molecule has 0 spiro atoms. The van der Waals surface area contributed by atoms with Gasteiger partial charge in [-0.3, -0.25) is 0 Å². The van der Waals surface area contributed by atoms with E-state index in [1.54, 1.807) is 12.1 Å². The minimum Gasteiger partial charge on any atom is -0.461 e. The molecule has 1 aromatic heterocycles. The number of nitrogen functional groups attached to an aromatic ring is 1. The Bertz CT molecular complexity index is 986. The largest absolute Gasteiger partial charge is 0.461 e. The van der Waals surface area contributed by atoms with Crippen LogP contribution in [0.5, 0.6) is 0 Å². The summed E-state index contributed by atoms with van der Waals surface area (Å²) in [5.74, 6) is -0.0154. The summed E-state index contributed by atoms with van der Waals surface area (Å²) in [5, 5.41) is 1.09. The molecule has 1 fully saturated rings. The molecule has 3 N–H and O–H groups in total. The first kappa shape index (κ1) is 22.8. The maximum atomic E-state index is 12.2. The van der Waals surface area contributed by atoms with Gasteiger partial charge in [0.1, 0.15) is 11.5 Å². The van der Waals surface area contributed by atoms with E-state index in [4.69, 9.17) is 10.5 Å². The number of rotatable bonds is 4. The monoisotopic (exact) mass is 425 g/mol. The number of anilines is 1. The molecule has 1 saturated heterocycles. The summed E-state index contributed by atoms with van der Waals surface area (Å²) in [6.45, 7) is 9.09. The second-order valence-corrected chi connectivity index (χ2v) is 8.18. The molecule has 0 aliphatic carbocycles. The van der Waals surface area contributed by atoms with Crippen LogP contribution in [0.3, 0.4) is 0 Å². The first-order chi connectivity index (χ1) is 14.9. The van der Waals surface area contributed by atoms with Crippen molar-refractivity contribution in [3.05, 3.63) is 65.6 Å². The fourth-order valence-electron chi connectivity index (χ4n) is 3.95. The third-order valence-corrected chi connectivity index (χ3v) is 5.78. The van der Waals surface area contributed by atoms with Gasteiger partial charge in [-0.05, 0) is 88.5 Å². The molecule has 3 aromatic rings. The van der Waals surface area contributed by atoms with E-state index in [1.165, 1.54) is 43.6 Å². The highest BCUT2D eigenvalue weighted by atomic mass is 19.1. The van der Waals surface area contributed by atoms with Gasteiger partial charge in [-0.25, -0.2) is 9.18 Å². The van der Waals surface area contributed by atoms with Gasteiger partial charge in [-0.1, -0.05) is 18.2 Å². The molecule has 166 valence electrons. The van der Waals surface area contributed by atoms with Gasteiger partial charge in [0.15, 0.2) is 0 Å². The zero-order valence-electron chi connectivity index (χ0n) is 18.5. The molecule has 0 amide bonds.